The van der Waals surface area contributed by atoms with Gasteiger partial charge >= 0.3 is 0 Å². The summed E-state index contributed by atoms with van der Waals surface area (Å²) in [7, 11) is 1.47. The van der Waals surface area contributed by atoms with Gasteiger partial charge in [-0.2, -0.15) is 0 Å². The molecule has 0 spiro atoms. The van der Waals surface area contributed by atoms with Crippen molar-refractivity contribution in [1.29, 1.82) is 0 Å². The molecule has 1 aromatic carbocycles. The van der Waals surface area contributed by atoms with E-state index in [-0.39, 0.29) is 5.56 Å². The summed E-state index contributed by atoms with van der Waals surface area (Å²) in [6, 6.07) is 3.85. The van der Waals surface area contributed by atoms with Gasteiger partial charge in [-0.15, -0.1) is 0 Å². The van der Waals surface area contributed by atoms with E-state index in [2.05, 4.69) is 0 Å². The molecule has 0 aliphatic heterocycles. The molecule has 2 rings (SSSR count). The van der Waals surface area contributed by atoms with Crippen LogP contribution in [0.15, 0.2) is 18.2 Å². The Labute approximate surface area is 110 Å². The van der Waals surface area contributed by atoms with Crippen molar-refractivity contribution in [3.05, 3.63) is 29.6 Å². The van der Waals surface area contributed by atoms with E-state index >= 15 is 0 Å². The van der Waals surface area contributed by atoms with Crippen LogP contribution in [0.3, 0.4) is 0 Å². The standard InChI is InChI=1S/C12H14ClFO3S/c13-18(15,16)8-10-6-11(14)4-5-12(10)17-7-9-2-1-3-9/h4-6,9H,1-3,7-8H2. The Bertz CT molecular complexity index is 526. The molecule has 0 bridgehead atoms. The highest BCUT2D eigenvalue weighted by Gasteiger charge is 2.19. The molecule has 1 aromatic rings. The molecule has 0 N–H and O–H groups in total. The van der Waals surface area contributed by atoms with Crippen molar-refractivity contribution >= 4 is 19.7 Å². The van der Waals surface area contributed by atoms with Crippen LogP contribution in [0.1, 0.15) is 24.8 Å². The summed E-state index contributed by atoms with van der Waals surface area (Å²) >= 11 is 0. The second kappa shape index (κ2) is 5.45. The highest BCUT2D eigenvalue weighted by molar-refractivity contribution is 8.13. The Morgan fingerprint density at radius 2 is 2.11 bits per heavy atom. The van der Waals surface area contributed by atoms with Crippen molar-refractivity contribution in [2.75, 3.05) is 6.61 Å². The molecule has 0 aromatic heterocycles. The molecule has 1 saturated carbocycles. The van der Waals surface area contributed by atoms with E-state index < -0.39 is 20.6 Å². The lowest BCUT2D eigenvalue weighted by Crippen LogP contribution is -2.19. The zero-order chi connectivity index (χ0) is 13.2. The van der Waals surface area contributed by atoms with Crippen LogP contribution in [0, 0.1) is 11.7 Å². The third-order valence-electron chi connectivity index (χ3n) is 3.05. The Balaban J connectivity index is 2.11. The molecule has 18 heavy (non-hydrogen) atoms. The Hall–Kier alpha value is -0.810. The number of rotatable bonds is 5. The van der Waals surface area contributed by atoms with Gasteiger partial charge in [0.1, 0.15) is 11.6 Å². The molecule has 6 heteroatoms. The third-order valence-corrected chi connectivity index (χ3v) is 4.03. The lowest BCUT2D eigenvalue weighted by Gasteiger charge is -2.25. The minimum atomic E-state index is -3.72. The largest absolute Gasteiger partial charge is 0.493 e. The fraction of sp³-hybridized carbons (Fsp3) is 0.500. The quantitative estimate of drug-likeness (QED) is 0.783. The van der Waals surface area contributed by atoms with Crippen LogP contribution >= 0.6 is 10.7 Å². The van der Waals surface area contributed by atoms with Crippen molar-refractivity contribution in [1.82, 2.24) is 0 Å². The van der Waals surface area contributed by atoms with Gasteiger partial charge in [0.2, 0.25) is 9.05 Å². The van der Waals surface area contributed by atoms with Gasteiger partial charge in [-0.3, -0.25) is 0 Å². The van der Waals surface area contributed by atoms with Gasteiger partial charge in [-0.25, -0.2) is 12.8 Å². The predicted octanol–water partition coefficient (Wildman–Crippen LogP) is 3.07. The molecule has 0 heterocycles. The van der Waals surface area contributed by atoms with E-state index in [4.69, 9.17) is 15.4 Å². The van der Waals surface area contributed by atoms with Crippen LogP contribution in [0.25, 0.3) is 0 Å². The van der Waals surface area contributed by atoms with Gasteiger partial charge in [-0.1, -0.05) is 6.42 Å². The second-order valence-electron chi connectivity index (χ2n) is 4.54. The van der Waals surface area contributed by atoms with Gasteiger partial charge in [0.05, 0.1) is 12.4 Å². The number of hydrogen-bond donors (Lipinski definition) is 0. The third kappa shape index (κ3) is 3.85. The van der Waals surface area contributed by atoms with Crippen molar-refractivity contribution in [2.45, 2.75) is 25.0 Å². The summed E-state index contributed by atoms with van der Waals surface area (Å²) in [4.78, 5) is 0. The number of halogens is 2. The van der Waals surface area contributed by atoms with Crippen molar-refractivity contribution < 1.29 is 17.5 Å². The Morgan fingerprint density at radius 3 is 2.67 bits per heavy atom. The van der Waals surface area contributed by atoms with Crippen LogP contribution in [0.2, 0.25) is 0 Å². The second-order valence-corrected chi connectivity index (χ2v) is 7.32. The zero-order valence-corrected chi connectivity index (χ0v) is 11.3. The molecule has 0 amide bonds. The maximum Gasteiger partial charge on any atom is 0.236 e. The SMILES string of the molecule is O=S(=O)(Cl)Cc1cc(F)ccc1OCC1CCC1. The van der Waals surface area contributed by atoms with E-state index in [1.54, 1.807) is 0 Å². The minimum absolute atomic E-state index is 0.268. The summed E-state index contributed by atoms with van der Waals surface area (Å²) < 4.78 is 40.8. The van der Waals surface area contributed by atoms with Gasteiger partial charge in [0.15, 0.2) is 0 Å². The molecule has 1 fully saturated rings. The fourth-order valence-corrected chi connectivity index (χ4v) is 2.80. The molecule has 0 unspecified atom stereocenters. The first-order chi connectivity index (χ1) is 8.44. The number of benzene rings is 1. The minimum Gasteiger partial charge on any atom is -0.493 e. The average Bonchev–Trinajstić information content (AvgIpc) is 2.16. The fourth-order valence-electron chi connectivity index (χ4n) is 1.85. The number of ether oxygens (including phenoxy) is 1. The summed E-state index contributed by atoms with van der Waals surface area (Å²) in [6.07, 6.45) is 3.47. The molecular weight excluding hydrogens is 279 g/mol. The highest BCUT2D eigenvalue weighted by atomic mass is 35.7. The van der Waals surface area contributed by atoms with E-state index in [0.29, 0.717) is 18.3 Å². The van der Waals surface area contributed by atoms with E-state index in [9.17, 15) is 12.8 Å². The highest BCUT2D eigenvalue weighted by Crippen LogP contribution is 2.29. The monoisotopic (exact) mass is 292 g/mol. The molecule has 0 atom stereocenters. The first-order valence-corrected chi connectivity index (χ1v) is 8.25. The summed E-state index contributed by atoms with van der Waals surface area (Å²) in [5, 5.41) is 0. The summed E-state index contributed by atoms with van der Waals surface area (Å²) in [5.41, 5.74) is 0.268. The van der Waals surface area contributed by atoms with Gasteiger partial charge in [-0.05, 0) is 37.0 Å². The Morgan fingerprint density at radius 1 is 1.39 bits per heavy atom. The first kappa shape index (κ1) is 13.6. The van der Waals surface area contributed by atoms with Gasteiger partial charge in [0, 0.05) is 16.2 Å². The molecule has 0 saturated heterocycles. The predicted molar refractivity (Wildman–Crippen MR) is 67.7 cm³/mol. The van der Waals surface area contributed by atoms with E-state index in [1.807, 2.05) is 0 Å². The smallest absolute Gasteiger partial charge is 0.236 e. The molecule has 1 aliphatic rings. The maximum absolute atomic E-state index is 13.1. The van der Waals surface area contributed by atoms with E-state index in [0.717, 1.165) is 18.9 Å². The van der Waals surface area contributed by atoms with Crippen LogP contribution in [-0.4, -0.2) is 15.0 Å². The van der Waals surface area contributed by atoms with Crippen LogP contribution in [0.5, 0.6) is 5.75 Å². The number of hydrogen-bond acceptors (Lipinski definition) is 3. The van der Waals surface area contributed by atoms with Crippen LogP contribution < -0.4 is 4.74 Å². The molecule has 100 valence electrons. The summed E-state index contributed by atoms with van der Waals surface area (Å²) in [6.45, 7) is 0.543. The Kier molecular flexibility index (Phi) is 4.12. The normalized spacial score (nSPS) is 16.3. The van der Waals surface area contributed by atoms with E-state index in [1.165, 1.54) is 18.6 Å². The topological polar surface area (TPSA) is 43.4 Å². The van der Waals surface area contributed by atoms with Crippen molar-refractivity contribution in [2.24, 2.45) is 5.92 Å². The molecule has 3 nitrogen and oxygen atoms in total. The molecular formula is C12H14ClFO3S. The average molecular weight is 293 g/mol. The molecule has 1 aliphatic carbocycles. The lowest BCUT2D eigenvalue weighted by atomic mass is 9.86. The zero-order valence-electron chi connectivity index (χ0n) is 9.73. The van der Waals surface area contributed by atoms with Crippen LogP contribution in [0.4, 0.5) is 4.39 Å². The molecule has 0 radical (unpaired) electrons. The van der Waals surface area contributed by atoms with Gasteiger partial charge in [0.25, 0.3) is 0 Å². The maximum atomic E-state index is 13.1. The van der Waals surface area contributed by atoms with Crippen molar-refractivity contribution in [3.63, 3.8) is 0 Å². The summed E-state index contributed by atoms with van der Waals surface area (Å²) in [5.74, 6) is -0.00360. The van der Waals surface area contributed by atoms with Gasteiger partial charge < -0.3 is 4.74 Å². The van der Waals surface area contributed by atoms with Crippen molar-refractivity contribution in [3.8, 4) is 5.75 Å². The first-order valence-electron chi connectivity index (χ1n) is 5.77. The van der Waals surface area contributed by atoms with Crippen LogP contribution in [-0.2, 0) is 14.8 Å². The lowest BCUT2D eigenvalue weighted by molar-refractivity contribution is 0.179.